The molecule has 3 aromatic carbocycles. The maximum Gasteiger partial charge on any atom is 0.0264 e. The van der Waals surface area contributed by atoms with Crippen molar-refractivity contribution in [3.63, 3.8) is 0 Å². The highest BCUT2D eigenvalue weighted by atomic mass is 35.5. The monoisotopic (exact) mass is 360 g/mol. The van der Waals surface area contributed by atoms with Crippen LogP contribution in [0, 0.1) is 20.8 Å². The lowest BCUT2D eigenvalue weighted by Gasteiger charge is -2.17. The molecule has 3 aromatic rings. The van der Waals surface area contributed by atoms with Crippen LogP contribution in [0.25, 0.3) is 11.1 Å². The van der Waals surface area contributed by atoms with E-state index in [9.17, 15) is 0 Å². The van der Waals surface area contributed by atoms with E-state index in [1.165, 1.54) is 44.5 Å². The van der Waals surface area contributed by atoms with Gasteiger partial charge in [0.25, 0.3) is 0 Å². The molecule has 0 saturated heterocycles. The highest BCUT2D eigenvalue weighted by Gasteiger charge is 2.14. The van der Waals surface area contributed by atoms with Crippen LogP contribution in [0.5, 0.6) is 0 Å². The van der Waals surface area contributed by atoms with Crippen LogP contribution in [0.3, 0.4) is 0 Å². The van der Waals surface area contributed by atoms with Gasteiger partial charge in [-0.25, -0.2) is 0 Å². The van der Waals surface area contributed by atoms with Crippen LogP contribution in [0.15, 0.2) is 72.8 Å². The van der Waals surface area contributed by atoms with Crippen LogP contribution in [-0.2, 0) is 0 Å². The number of hydrogen-bond acceptors (Lipinski definition) is 0. The van der Waals surface area contributed by atoms with Gasteiger partial charge in [0, 0.05) is 5.88 Å². The number of hydrogen-bond donors (Lipinski definition) is 0. The van der Waals surface area contributed by atoms with Crippen LogP contribution in [0.2, 0.25) is 0 Å². The molecule has 0 aliphatic heterocycles. The lowest BCUT2D eigenvalue weighted by Crippen LogP contribution is -1.97. The first-order valence-electron chi connectivity index (χ1n) is 9.08. The zero-order valence-electron chi connectivity index (χ0n) is 15.7. The van der Waals surface area contributed by atoms with E-state index in [0.717, 1.165) is 6.42 Å². The molecule has 0 N–H and O–H groups in total. The molecule has 0 aliphatic carbocycles. The largest absolute Gasteiger partial charge is 0.126 e. The molecule has 0 radical (unpaired) electrons. The Morgan fingerprint density at radius 1 is 0.577 bits per heavy atom. The number of allylic oxidation sites excluding steroid dienone is 1. The predicted octanol–water partition coefficient (Wildman–Crippen LogP) is 7.20. The Morgan fingerprint density at radius 3 is 1.27 bits per heavy atom. The van der Waals surface area contributed by atoms with E-state index in [2.05, 4.69) is 93.6 Å². The molecule has 26 heavy (non-hydrogen) atoms. The van der Waals surface area contributed by atoms with E-state index in [1.54, 1.807) is 0 Å². The lowest BCUT2D eigenvalue weighted by molar-refractivity contribution is 1.24. The van der Waals surface area contributed by atoms with Gasteiger partial charge in [0.15, 0.2) is 0 Å². The summed E-state index contributed by atoms with van der Waals surface area (Å²) in [6.45, 7) is 6.37. The Morgan fingerprint density at radius 2 is 0.923 bits per heavy atom. The fraction of sp³-hybridized carbons (Fsp3) is 0.200. The summed E-state index contributed by atoms with van der Waals surface area (Å²) in [5.41, 5.74) is 10.1. The first-order chi connectivity index (χ1) is 12.6. The molecular formula is C25H25Cl. The minimum absolute atomic E-state index is 0.602. The molecule has 0 saturated carbocycles. The van der Waals surface area contributed by atoms with Gasteiger partial charge in [-0.2, -0.15) is 0 Å². The third kappa shape index (κ3) is 4.26. The van der Waals surface area contributed by atoms with Gasteiger partial charge in [-0.05, 0) is 55.0 Å². The van der Waals surface area contributed by atoms with E-state index in [-0.39, 0.29) is 0 Å². The average molecular weight is 361 g/mol. The summed E-state index contributed by atoms with van der Waals surface area (Å²) in [6, 6.07) is 26.3. The normalized spacial score (nSPS) is 10.6. The van der Waals surface area contributed by atoms with Crippen molar-refractivity contribution in [1.29, 1.82) is 0 Å². The molecule has 0 heterocycles. The number of halogens is 1. The molecular weight excluding hydrogens is 336 g/mol. The topological polar surface area (TPSA) is 0 Å². The molecule has 0 atom stereocenters. The van der Waals surface area contributed by atoms with E-state index >= 15 is 0 Å². The second-order valence-electron chi connectivity index (χ2n) is 6.89. The number of rotatable bonds is 5. The summed E-state index contributed by atoms with van der Waals surface area (Å²) in [5.74, 6) is 0.602. The first-order valence-corrected chi connectivity index (χ1v) is 9.62. The Bertz CT molecular complexity index is 835. The van der Waals surface area contributed by atoms with Gasteiger partial charge in [0.1, 0.15) is 0 Å². The van der Waals surface area contributed by atoms with Crippen LogP contribution < -0.4 is 0 Å². The van der Waals surface area contributed by atoms with Gasteiger partial charge in [-0.15, -0.1) is 11.6 Å². The highest BCUT2D eigenvalue weighted by molar-refractivity contribution is 6.18. The third-order valence-electron chi connectivity index (χ3n) is 4.73. The smallest absolute Gasteiger partial charge is 0.0264 e. The molecule has 132 valence electrons. The predicted molar refractivity (Wildman–Crippen MR) is 115 cm³/mol. The molecule has 0 spiro atoms. The number of benzene rings is 3. The van der Waals surface area contributed by atoms with Crippen LogP contribution in [-0.4, -0.2) is 5.88 Å². The van der Waals surface area contributed by atoms with Crippen LogP contribution in [0.4, 0.5) is 0 Å². The molecule has 0 amide bonds. The minimum atomic E-state index is 0.602. The first kappa shape index (κ1) is 18.5. The van der Waals surface area contributed by atoms with Gasteiger partial charge >= 0.3 is 0 Å². The van der Waals surface area contributed by atoms with Crippen molar-refractivity contribution in [3.05, 3.63) is 106 Å². The van der Waals surface area contributed by atoms with Crippen molar-refractivity contribution < 1.29 is 0 Å². The Labute approximate surface area is 162 Å². The Kier molecular flexibility index (Phi) is 5.96. The van der Waals surface area contributed by atoms with Crippen molar-refractivity contribution >= 4 is 22.7 Å². The number of alkyl halides is 1. The van der Waals surface area contributed by atoms with Crippen LogP contribution in [0.1, 0.15) is 39.8 Å². The molecule has 0 aromatic heterocycles. The summed E-state index contributed by atoms with van der Waals surface area (Å²) in [7, 11) is 0. The fourth-order valence-corrected chi connectivity index (χ4v) is 3.41. The fourth-order valence-electron chi connectivity index (χ4n) is 3.22. The lowest BCUT2D eigenvalue weighted by atomic mass is 9.87. The van der Waals surface area contributed by atoms with E-state index in [4.69, 9.17) is 11.6 Å². The zero-order chi connectivity index (χ0) is 18.5. The molecule has 0 fully saturated rings. The molecule has 0 nitrogen and oxygen atoms in total. The molecule has 0 bridgehead atoms. The van der Waals surface area contributed by atoms with Crippen LogP contribution >= 0.6 is 11.6 Å². The zero-order valence-corrected chi connectivity index (χ0v) is 16.5. The highest BCUT2D eigenvalue weighted by Crippen LogP contribution is 2.35. The van der Waals surface area contributed by atoms with Gasteiger partial charge < -0.3 is 0 Å². The molecule has 0 unspecified atom stereocenters. The summed E-state index contributed by atoms with van der Waals surface area (Å²) >= 11 is 6.21. The van der Waals surface area contributed by atoms with Gasteiger partial charge in [-0.1, -0.05) is 89.5 Å². The quantitative estimate of drug-likeness (QED) is 0.333. The van der Waals surface area contributed by atoms with Gasteiger partial charge in [0.05, 0.1) is 0 Å². The number of aryl methyl sites for hydroxylation is 3. The Balaban J connectivity index is 2.26. The average Bonchev–Trinajstić information content (AvgIpc) is 2.65. The van der Waals surface area contributed by atoms with Crippen molar-refractivity contribution in [1.82, 2.24) is 0 Å². The summed E-state index contributed by atoms with van der Waals surface area (Å²) < 4.78 is 0. The van der Waals surface area contributed by atoms with E-state index in [0.29, 0.717) is 5.88 Å². The van der Waals surface area contributed by atoms with Crippen molar-refractivity contribution in [2.45, 2.75) is 27.2 Å². The third-order valence-corrected chi connectivity index (χ3v) is 4.92. The maximum absolute atomic E-state index is 6.21. The molecule has 1 heteroatoms. The summed E-state index contributed by atoms with van der Waals surface area (Å²) in [6.07, 6.45) is 0.835. The summed E-state index contributed by atoms with van der Waals surface area (Å²) in [5, 5.41) is 0. The second-order valence-corrected chi connectivity index (χ2v) is 7.27. The molecule has 3 rings (SSSR count). The standard InChI is InChI=1S/C25H25Cl/c1-18-4-10-21(11-5-18)24(16-17-26)25(22-12-6-19(2)7-13-22)23-14-8-20(3)9-15-23/h4-15H,16-17H2,1-3H3. The SMILES string of the molecule is Cc1ccc(C(CCCl)=C(c2ccc(C)cc2)c2ccc(C)cc2)cc1. The molecule has 0 aliphatic rings. The minimum Gasteiger partial charge on any atom is -0.126 e. The van der Waals surface area contributed by atoms with Crippen molar-refractivity contribution in [3.8, 4) is 0 Å². The van der Waals surface area contributed by atoms with Crippen molar-refractivity contribution in [2.75, 3.05) is 5.88 Å². The van der Waals surface area contributed by atoms with E-state index < -0.39 is 0 Å². The van der Waals surface area contributed by atoms with E-state index in [1.807, 2.05) is 0 Å². The second kappa shape index (κ2) is 8.38. The van der Waals surface area contributed by atoms with Gasteiger partial charge in [-0.3, -0.25) is 0 Å². The summed E-state index contributed by atoms with van der Waals surface area (Å²) in [4.78, 5) is 0. The Hall–Kier alpha value is -2.31. The van der Waals surface area contributed by atoms with Crippen molar-refractivity contribution in [2.24, 2.45) is 0 Å². The maximum atomic E-state index is 6.21. The van der Waals surface area contributed by atoms with Gasteiger partial charge in [0.2, 0.25) is 0 Å².